The molecular formula is C44H65N5O9. The van der Waals surface area contributed by atoms with Gasteiger partial charge in [-0.25, -0.2) is 0 Å². The van der Waals surface area contributed by atoms with Crippen LogP contribution in [-0.2, 0) is 44.4 Å². The lowest BCUT2D eigenvalue weighted by Crippen LogP contribution is -2.56. The first-order valence-corrected chi connectivity index (χ1v) is 20.5. The minimum atomic E-state index is -0.602. The summed E-state index contributed by atoms with van der Waals surface area (Å²) in [6, 6.07) is 9.66. The summed E-state index contributed by atoms with van der Waals surface area (Å²) in [5.41, 5.74) is 12.6. The second-order valence-corrected chi connectivity index (χ2v) is 15.4. The maximum Gasteiger partial charge on any atom is 0.246 e. The molecule has 2 aliphatic rings. The van der Waals surface area contributed by atoms with Crippen LogP contribution in [-0.4, -0.2) is 137 Å². The van der Waals surface area contributed by atoms with Crippen molar-refractivity contribution in [2.24, 2.45) is 16.1 Å². The van der Waals surface area contributed by atoms with E-state index in [0.717, 1.165) is 72.2 Å². The Morgan fingerprint density at radius 1 is 0.897 bits per heavy atom. The Kier molecular flexibility index (Phi) is 20.3. The number of benzene rings is 1. The summed E-state index contributed by atoms with van der Waals surface area (Å²) >= 11 is 0. The third-order valence-corrected chi connectivity index (χ3v) is 10.0. The second kappa shape index (κ2) is 25.3. The van der Waals surface area contributed by atoms with E-state index in [-0.39, 0.29) is 31.1 Å². The number of nitrogens with one attached hydrogen (secondary N) is 1. The number of likely N-dealkylation sites (tertiary alicyclic amines) is 1. The van der Waals surface area contributed by atoms with Gasteiger partial charge in [0.15, 0.2) is 0 Å². The number of aryl methyl sites for hydroxylation is 1. The highest BCUT2D eigenvalue weighted by Crippen LogP contribution is 2.34. The van der Waals surface area contributed by atoms with E-state index in [1.165, 1.54) is 11.8 Å². The lowest BCUT2D eigenvalue weighted by Gasteiger charge is -2.35. The number of aliphatic hydroxyl groups excluding tert-OH is 1. The molecule has 4 N–H and O–H groups in total. The van der Waals surface area contributed by atoms with Gasteiger partial charge in [0, 0.05) is 55.5 Å². The molecule has 0 saturated carbocycles. The molecule has 1 unspecified atom stereocenters. The molecule has 1 aromatic carbocycles. The minimum absolute atomic E-state index is 0.0302. The van der Waals surface area contributed by atoms with Gasteiger partial charge in [0.05, 0.1) is 78.0 Å². The number of rotatable bonds is 26. The van der Waals surface area contributed by atoms with Gasteiger partial charge >= 0.3 is 0 Å². The van der Waals surface area contributed by atoms with Crippen LogP contribution in [0.15, 0.2) is 60.2 Å². The van der Waals surface area contributed by atoms with E-state index in [2.05, 4.69) is 23.3 Å². The van der Waals surface area contributed by atoms with Crippen LogP contribution in [0.4, 0.5) is 0 Å². The number of pyridine rings is 1. The number of amides is 2. The summed E-state index contributed by atoms with van der Waals surface area (Å²) < 4.78 is 33.5. The van der Waals surface area contributed by atoms with Gasteiger partial charge in [-0.3, -0.25) is 19.6 Å². The first-order chi connectivity index (χ1) is 28.1. The van der Waals surface area contributed by atoms with Crippen LogP contribution >= 0.6 is 0 Å². The number of fused-ring (bicyclic) bond motifs is 1. The molecule has 320 valence electrons. The van der Waals surface area contributed by atoms with Crippen molar-refractivity contribution >= 4 is 28.7 Å². The number of ether oxygens (including phenoxy) is 6. The molecule has 2 amide bonds. The molecule has 1 aliphatic carbocycles. The zero-order valence-corrected chi connectivity index (χ0v) is 34.9. The molecule has 2 aromatic rings. The summed E-state index contributed by atoms with van der Waals surface area (Å²) in [6.45, 7) is 13.8. The third kappa shape index (κ3) is 15.2. The molecule has 0 spiro atoms. The largest absolute Gasteiger partial charge is 0.515 e. The predicted molar refractivity (Wildman–Crippen MR) is 224 cm³/mol. The van der Waals surface area contributed by atoms with Crippen molar-refractivity contribution in [1.29, 1.82) is 0 Å². The van der Waals surface area contributed by atoms with Gasteiger partial charge in [0.1, 0.15) is 12.6 Å². The highest BCUT2D eigenvalue weighted by Gasteiger charge is 2.38. The van der Waals surface area contributed by atoms with Crippen LogP contribution < -0.4 is 11.1 Å². The molecule has 0 bridgehead atoms. The Hall–Kier alpha value is -4.18. The Balaban J connectivity index is 0.968. The SMILES string of the molecule is C[C@@H]1CCCN1C(=O)C(NC(=O)COCCOCCOCCOCCOCCOCCCN=C(C(=CN)c1ccc2c(c1)CC/C2=C\O)c1ccncc1)C(C)(C)C. The monoisotopic (exact) mass is 807 g/mol. The van der Waals surface area contributed by atoms with Crippen molar-refractivity contribution in [2.75, 3.05) is 92.4 Å². The molecule has 14 heteroatoms. The Morgan fingerprint density at radius 2 is 1.50 bits per heavy atom. The Bertz CT molecular complexity index is 1640. The van der Waals surface area contributed by atoms with Gasteiger partial charge in [-0.05, 0) is 78.8 Å². The quantitative estimate of drug-likeness (QED) is 0.0680. The molecule has 1 aromatic heterocycles. The summed E-state index contributed by atoms with van der Waals surface area (Å²) in [5, 5.41) is 12.4. The van der Waals surface area contributed by atoms with Crippen LogP contribution in [0, 0.1) is 5.41 Å². The molecule has 1 fully saturated rings. The van der Waals surface area contributed by atoms with Gasteiger partial charge in [0.2, 0.25) is 11.8 Å². The van der Waals surface area contributed by atoms with Crippen molar-refractivity contribution in [3.63, 3.8) is 0 Å². The standard InChI is InChI=1S/C44H65N5O9/c1-33-7-5-17-49(33)43(52)42(44(2,3)4)48-40(51)32-58-28-27-57-26-25-56-24-23-55-22-21-54-20-19-53-18-6-14-47-41(34-12-15-46-16-13-34)39(30-45)36-10-11-38-35(29-36)8-9-37(38)31-50/h10-13,15-16,29-31,33,42,50H,5-9,14,17-28,32,45H2,1-4H3,(H,48,51)/b37-31+,39-30?,47-41?/t33-,42?/m1/s1. The summed E-state index contributed by atoms with van der Waals surface area (Å²) in [5.74, 6) is -0.343. The highest BCUT2D eigenvalue weighted by atomic mass is 16.6. The number of carbonyl (C=O) groups is 2. The van der Waals surface area contributed by atoms with Crippen LogP contribution in [0.5, 0.6) is 0 Å². The van der Waals surface area contributed by atoms with E-state index in [1.54, 1.807) is 18.6 Å². The topological polar surface area (TPSA) is 176 Å². The molecule has 58 heavy (non-hydrogen) atoms. The highest BCUT2D eigenvalue weighted by molar-refractivity contribution is 6.31. The van der Waals surface area contributed by atoms with Gasteiger partial charge in [0.25, 0.3) is 0 Å². The fourth-order valence-electron chi connectivity index (χ4n) is 6.87. The smallest absolute Gasteiger partial charge is 0.246 e. The van der Waals surface area contributed by atoms with E-state index in [0.29, 0.717) is 72.6 Å². The molecule has 4 rings (SSSR count). The fourth-order valence-corrected chi connectivity index (χ4v) is 6.87. The van der Waals surface area contributed by atoms with E-state index in [9.17, 15) is 14.7 Å². The van der Waals surface area contributed by atoms with Crippen LogP contribution in [0.1, 0.15) is 75.6 Å². The van der Waals surface area contributed by atoms with Gasteiger partial charge in [-0.15, -0.1) is 0 Å². The molecule has 1 aliphatic heterocycles. The van der Waals surface area contributed by atoms with E-state index in [4.69, 9.17) is 39.1 Å². The number of carbonyl (C=O) groups excluding carboxylic acids is 2. The average Bonchev–Trinajstić information content (AvgIpc) is 3.85. The number of aromatic nitrogens is 1. The molecule has 2 heterocycles. The zero-order valence-electron chi connectivity index (χ0n) is 34.9. The maximum atomic E-state index is 13.1. The van der Waals surface area contributed by atoms with Gasteiger partial charge < -0.3 is 49.5 Å². The van der Waals surface area contributed by atoms with Crippen molar-refractivity contribution in [3.05, 3.63) is 77.4 Å². The maximum absolute atomic E-state index is 13.1. The van der Waals surface area contributed by atoms with E-state index < -0.39 is 11.5 Å². The molecule has 1 saturated heterocycles. The number of aliphatic imine (C=N–C) groups is 1. The predicted octanol–water partition coefficient (Wildman–Crippen LogP) is 4.75. The van der Waals surface area contributed by atoms with Gasteiger partial charge in [-0.2, -0.15) is 0 Å². The zero-order chi connectivity index (χ0) is 41.6. The molecular weight excluding hydrogens is 743 g/mol. The van der Waals surface area contributed by atoms with Crippen LogP contribution in [0.2, 0.25) is 0 Å². The summed E-state index contributed by atoms with van der Waals surface area (Å²) in [6.07, 6.45) is 10.7. The van der Waals surface area contributed by atoms with Crippen molar-refractivity contribution in [2.45, 2.75) is 71.9 Å². The second-order valence-electron chi connectivity index (χ2n) is 15.4. The minimum Gasteiger partial charge on any atom is -0.515 e. The summed E-state index contributed by atoms with van der Waals surface area (Å²) in [7, 11) is 0. The third-order valence-electron chi connectivity index (χ3n) is 10.0. The van der Waals surface area contributed by atoms with E-state index in [1.807, 2.05) is 49.9 Å². The van der Waals surface area contributed by atoms with Gasteiger partial charge in [-0.1, -0.05) is 39.0 Å². The number of hydrogen-bond acceptors (Lipinski definition) is 12. The van der Waals surface area contributed by atoms with Crippen molar-refractivity contribution in [1.82, 2.24) is 15.2 Å². The molecule has 14 nitrogen and oxygen atoms in total. The normalized spacial score (nSPS) is 17.2. The fraction of sp³-hybridized carbons (Fsp3) is 0.591. The molecule has 2 atom stereocenters. The Morgan fingerprint density at radius 3 is 2.05 bits per heavy atom. The van der Waals surface area contributed by atoms with Crippen LogP contribution in [0.3, 0.4) is 0 Å². The number of nitrogens with zero attached hydrogens (tertiary/aromatic N) is 3. The summed E-state index contributed by atoms with van der Waals surface area (Å²) in [4.78, 5) is 36.6. The van der Waals surface area contributed by atoms with Crippen LogP contribution in [0.25, 0.3) is 11.1 Å². The first-order valence-electron chi connectivity index (χ1n) is 20.5. The number of hydrogen-bond donors (Lipinski definition) is 3. The molecule has 0 radical (unpaired) electrons. The lowest BCUT2D eigenvalue weighted by atomic mass is 9.85. The Labute approximate surface area is 344 Å². The first kappa shape index (κ1) is 46.5. The number of allylic oxidation sites excluding steroid dienone is 2. The average molecular weight is 808 g/mol. The van der Waals surface area contributed by atoms with Crippen molar-refractivity contribution in [3.8, 4) is 0 Å². The number of nitrogens with two attached hydrogens (primary N) is 1. The lowest BCUT2D eigenvalue weighted by molar-refractivity contribution is -0.141. The van der Waals surface area contributed by atoms with Crippen molar-refractivity contribution < 1.29 is 43.1 Å². The van der Waals surface area contributed by atoms with E-state index >= 15 is 0 Å². The number of aliphatic hydroxyl groups is 1.